The zero-order valence-electron chi connectivity index (χ0n) is 27.1. The third-order valence-corrected chi connectivity index (χ3v) is 9.15. The Balaban J connectivity index is 0.000000285. The standard InChI is InChI=1S/C19H27ClN2.C16H17Cl2N.C2H4.CH2O/c1-3-15-6-9-19(20)17(11-15)13-22(18-7-8-18)14(2)16-5-4-10-21-12-16;1-12-10-15(17)14(16(18)11-12)8-3-2-6-13-7-4-5-9-19-13;2*1-2/h6,9,11,16,18,21H,2-5,7-8,10,12-13H2,1H3;4-5,7,9-11H,2-3,6,8H2,1H3;1-2H2;1H2. The predicted molar refractivity (Wildman–Crippen MR) is 195 cm³/mol. The van der Waals surface area contributed by atoms with Gasteiger partial charge in [-0.1, -0.05) is 66.5 Å². The number of hydrogen-bond donors (Lipinski definition) is 1. The molecule has 0 bridgehead atoms. The molecule has 2 aliphatic rings. The van der Waals surface area contributed by atoms with Gasteiger partial charge in [0.05, 0.1) is 0 Å². The average molecular weight is 671 g/mol. The number of aromatic nitrogens is 1. The van der Waals surface area contributed by atoms with E-state index in [4.69, 9.17) is 39.6 Å². The van der Waals surface area contributed by atoms with E-state index in [0.29, 0.717) is 12.0 Å². The van der Waals surface area contributed by atoms with Gasteiger partial charge in [0, 0.05) is 57.7 Å². The van der Waals surface area contributed by atoms with Gasteiger partial charge in [0.15, 0.2) is 0 Å². The topological polar surface area (TPSA) is 45.2 Å². The number of aryl methyl sites for hydroxylation is 3. The van der Waals surface area contributed by atoms with E-state index in [1.54, 1.807) is 0 Å². The van der Waals surface area contributed by atoms with Gasteiger partial charge >= 0.3 is 0 Å². The van der Waals surface area contributed by atoms with Crippen LogP contribution in [0.2, 0.25) is 15.1 Å². The lowest BCUT2D eigenvalue weighted by Crippen LogP contribution is -2.37. The fraction of sp³-hybridized carbons (Fsp3) is 0.421. The molecule has 4 nitrogen and oxygen atoms in total. The van der Waals surface area contributed by atoms with Gasteiger partial charge in [-0.25, -0.2) is 0 Å². The van der Waals surface area contributed by atoms with E-state index in [1.165, 1.54) is 42.5 Å². The van der Waals surface area contributed by atoms with Crippen LogP contribution in [0.15, 0.2) is 80.2 Å². The predicted octanol–water partition coefficient (Wildman–Crippen LogP) is 10.3. The highest BCUT2D eigenvalue weighted by atomic mass is 35.5. The van der Waals surface area contributed by atoms with Gasteiger partial charge in [-0.3, -0.25) is 4.98 Å². The maximum atomic E-state index is 8.00. The summed E-state index contributed by atoms with van der Waals surface area (Å²) in [4.78, 5) is 14.8. The lowest BCUT2D eigenvalue weighted by molar-refractivity contribution is -0.0980. The molecule has 1 atom stereocenters. The normalized spacial score (nSPS) is 15.3. The summed E-state index contributed by atoms with van der Waals surface area (Å²) in [6.45, 7) is 19.8. The Morgan fingerprint density at radius 1 is 0.956 bits per heavy atom. The van der Waals surface area contributed by atoms with Crippen LogP contribution in [0.5, 0.6) is 0 Å². The number of nitrogens with one attached hydrogen (secondary N) is 1. The maximum Gasteiger partial charge on any atom is 0.106 e. The van der Waals surface area contributed by atoms with E-state index in [9.17, 15) is 0 Å². The first-order valence-corrected chi connectivity index (χ1v) is 17.1. The molecule has 244 valence electrons. The van der Waals surface area contributed by atoms with E-state index in [1.807, 2.05) is 50.2 Å². The summed E-state index contributed by atoms with van der Waals surface area (Å²) >= 11 is 18.9. The summed E-state index contributed by atoms with van der Waals surface area (Å²) in [5, 5.41) is 5.96. The van der Waals surface area contributed by atoms with Crippen molar-refractivity contribution in [3.63, 3.8) is 0 Å². The first kappa shape index (κ1) is 38.6. The summed E-state index contributed by atoms with van der Waals surface area (Å²) < 4.78 is 0. The summed E-state index contributed by atoms with van der Waals surface area (Å²) in [5.41, 5.74) is 7.23. The highest BCUT2D eigenvalue weighted by molar-refractivity contribution is 6.36. The van der Waals surface area contributed by atoms with Crippen molar-refractivity contribution in [3.05, 3.63) is 123 Å². The molecule has 3 aromatic rings. The first-order chi connectivity index (χ1) is 21.9. The van der Waals surface area contributed by atoms with E-state index in [-0.39, 0.29) is 0 Å². The summed E-state index contributed by atoms with van der Waals surface area (Å²) in [6, 6.07) is 17.1. The van der Waals surface area contributed by atoms with Gasteiger partial charge in [0.25, 0.3) is 0 Å². The molecule has 2 aromatic carbocycles. The van der Waals surface area contributed by atoms with Crippen molar-refractivity contribution in [2.75, 3.05) is 13.1 Å². The minimum Gasteiger partial charge on any atom is -0.368 e. The second-order valence-corrected chi connectivity index (χ2v) is 12.6. The van der Waals surface area contributed by atoms with Crippen LogP contribution < -0.4 is 5.32 Å². The molecule has 1 aliphatic heterocycles. The molecule has 2 fully saturated rings. The van der Waals surface area contributed by atoms with E-state index in [2.05, 4.69) is 60.1 Å². The fourth-order valence-electron chi connectivity index (χ4n) is 5.50. The number of carbonyl (C=O) groups excluding carboxylic acids is 1. The van der Waals surface area contributed by atoms with Gasteiger partial charge in [-0.2, -0.15) is 0 Å². The first-order valence-electron chi connectivity index (χ1n) is 15.9. The molecule has 5 rings (SSSR count). The molecule has 1 aromatic heterocycles. The number of piperidine rings is 1. The Bertz CT molecular complexity index is 1280. The quantitative estimate of drug-likeness (QED) is 0.163. The van der Waals surface area contributed by atoms with E-state index < -0.39 is 0 Å². The minimum atomic E-state index is 0.586. The Kier molecular flexibility index (Phi) is 18.2. The molecule has 1 saturated heterocycles. The Labute approximate surface area is 286 Å². The summed E-state index contributed by atoms with van der Waals surface area (Å²) in [6.07, 6.45) is 12.1. The van der Waals surface area contributed by atoms with Crippen LogP contribution in [0.1, 0.15) is 73.4 Å². The second-order valence-electron chi connectivity index (χ2n) is 11.4. The Morgan fingerprint density at radius 3 is 2.22 bits per heavy atom. The summed E-state index contributed by atoms with van der Waals surface area (Å²) in [7, 11) is 0. The van der Waals surface area contributed by atoms with Crippen LogP contribution >= 0.6 is 34.8 Å². The number of nitrogens with zero attached hydrogens (tertiary/aromatic N) is 2. The van der Waals surface area contributed by atoms with Crippen LogP contribution in [0.4, 0.5) is 0 Å². The SMILES string of the molecule is C=C.C=C(C1CCCNC1)N(Cc1cc(CC)ccc1Cl)C1CC1.C=O.Cc1cc(Cl)c(CCCCc2ccccn2)c(Cl)c1. The van der Waals surface area contributed by atoms with Crippen molar-refractivity contribution in [3.8, 4) is 0 Å². The maximum absolute atomic E-state index is 8.00. The summed E-state index contributed by atoms with van der Waals surface area (Å²) in [5.74, 6) is 0.586. The van der Waals surface area contributed by atoms with Crippen LogP contribution in [0.25, 0.3) is 0 Å². The zero-order valence-corrected chi connectivity index (χ0v) is 29.4. The number of pyridine rings is 1. The van der Waals surface area contributed by atoms with Gasteiger partial charge in [0.2, 0.25) is 0 Å². The third kappa shape index (κ3) is 12.9. The van der Waals surface area contributed by atoms with Crippen molar-refractivity contribution < 1.29 is 4.79 Å². The molecule has 1 saturated carbocycles. The van der Waals surface area contributed by atoms with Crippen molar-refractivity contribution in [1.82, 2.24) is 15.2 Å². The Morgan fingerprint density at radius 2 is 1.64 bits per heavy atom. The number of unbranched alkanes of at least 4 members (excludes halogenated alkanes) is 1. The molecule has 1 aliphatic carbocycles. The Hall–Kier alpha value is -2.63. The zero-order chi connectivity index (χ0) is 33.2. The van der Waals surface area contributed by atoms with Crippen LogP contribution in [0.3, 0.4) is 0 Å². The van der Waals surface area contributed by atoms with Crippen molar-refractivity contribution >= 4 is 41.6 Å². The molecule has 1 unspecified atom stereocenters. The van der Waals surface area contributed by atoms with Crippen LogP contribution in [0, 0.1) is 12.8 Å². The van der Waals surface area contributed by atoms with Gasteiger partial charge in [-0.05, 0) is 124 Å². The lowest BCUT2D eigenvalue weighted by atomic mass is 9.95. The minimum absolute atomic E-state index is 0.586. The monoisotopic (exact) mass is 669 g/mol. The molecular formula is C38H50Cl3N3O. The molecule has 45 heavy (non-hydrogen) atoms. The van der Waals surface area contributed by atoms with Crippen molar-refractivity contribution in [1.29, 1.82) is 0 Å². The highest BCUT2D eigenvalue weighted by Gasteiger charge is 2.33. The van der Waals surface area contributed by atoms with Crippen LogP contribution in [-0.2, 0) is 30.6 Å². The molecule has 0 spiro atoms. The molecule has 2 heterocycles. The van der Waals surface area contributed by atoms with E-state index >= 15 is 0 Å². The van der Waals surface area contributed by atoms with Crippen molar-refractivity contribution in [2.24, 2.45) is 5.92 Å². The van der Waals surface area contributed by atoms with Gasteiger partial charge in [-0.15, -0.1) is 13.2 Å². The number of halogens is 3. The molecule has 0 amide bonds. The smallest absolute Gasteiger partial charge is 0.106 e. The van der Waals surface area contributed by atoms with Crippen LogP contribution in [-0.4, -0.2) is 35.8 Å². The molecule has 7 heteroatoms. The molecular weight excluding hydrogens is 621 g/mol. The molecule has 0 radical (unpaired) electrons. The average Bonchev–Trinajstić information content (AvgIpc) is 3.92. The largest absolute Gasteiger partial charge is 0.368 e. The number of carbonyl (C=O) groups is 1. The third-order valence-electron chi connectivity index (χ3n) is 8.10. The van der Waals surface area contributed by atoms with Gasteiger partial charge < -0.3 is 15.0 Å². The highest BCUT2D eigenvalue weighted by Crippen LogP contribution is 2.36. The number of hydrogen-bond acceptors (Lipinski definition) is 4. The van der Waals surface area contributed by atoms with Crippen molar-refractivity contribution in [2.45, 2.75) is 84.2 Å². The fourth-order valence-corrected chi connectivity index (χ4v) is 6.46. The molecule has 1 N–H and O–H groups in total. The van der Waals surface area contributed by atoms with Gasteiger partial charge in [0.1, 0.15) is 6.79 Å². The second kappa shape index (κ2) is 21.2. The number of rotatable bonds is 11. The number of benzene rings is 2. The lowest BCUT2D eigenvalue weighted by Gasteiger charge is -2.34. The van der Waals surface area contributed by atoms with E-state index in [0.717, 1.165) is 83.6 Å².